The van der Waals surface area contributed by atoms with Gasteiger partial charge in [-0.15, -0.1) is 0 Å². The molecule has 3 heteroatoms. The van der Waals surface area contributed by atoms with Crippen LogP contribution < -0.4 is 10.2 Å². The van der Waals surface area contributed by atoms with Crippen LogP contribution in [0.15, 0.2) is 18.2 Å². The van der Waals surface area contributed by atoms with Gasteiger partial charge in [0.15, 0.2) is 0 Å². The lowest BCUT2D eigenvalue weighted by Crippen LogP contribution is -2.20. The van der Waals surface area contributed by atoms with Gasteiger partial charge < -0.3 is 10.2 Å². The van der Waals surface area contributed by atoms with E-state index in [1.165, 1.54) is 36.9 Å². The molecule has 17 heavy (non-hydrogen) atoms. The highest BCUT2D eigenvalue weighted by Crippen LogP contribution is 2.34. The van der Waals surface area contributed by atoms with Crippen molar-refractivity contribution in [2.24, 2.45) is 0 Å². The molecule has 0 spiro atoms. The lowest BCUT2D eigenvalue weighted by molar-refractivity contribution is 0.688. The summed E-state index contributed by atoms with van der Waals surface area (Å²) in [7, 11) is 2.14. The molecule has 2 aliphatic carbocycles. The first-order valence-electron chi connectivity index (χ1n) is 6.48. The Hall–Kier alpha value is -0.730. The van der Waals surface area contributed by atoms with Gasteiger partial charge in [0.1, 0.15) is 0 Å². The summed E-state index contributed by atoms with van der Waals surface area (Å²) in [5.41, 5.74) is 2.46. The second-order valence-corrected chi connectivity index (χ2v) is 5.69. The Morgan fingerprint density at radius 2 is 2.06 bits per heavy atom. The number of nitrogens with zero attached hydrogens (tertiary/aromatic N) is 1. The lowest BCUT2D eigenvalue weighted by Gasteiger charge is -2.20. The molecule has 1 N–H and O–H groups in total. The number of anilines is 1. The van der Waals surface area contributed by atoms with Gasteiger partial charge in [-0.2, -0.15) is 0 Å². The van der Waals surface area contributed by atoms with Crippen LogP contribution in [0.4, 0.5) is 5.69 Å². The first kappa shape index (κ1) is 11.4. The molecule has 0 amide bonds. The van der Waals surface area contributed by atoms with Crippen molar-refractivity contribution in [3.8, 4) is 0 Å². The standard InChI is InChI=1S/C14H19ClN2/c1-17(12-5-6-12)14-7-2-10(8-13(14)15)9-16-11-3-4-11/h2,7-8,11-12,16H,3-6,9H2,1H3. The Labute approximate surface area is 108 Å². The summed E-state index contributed by atoms with van der Waals surface area (Å²) >= 11 is 6.36. The summed E-state index contributed by atoms with van der Waals surface area (Å²) in [6, 6.07) is 7.91. The summed E-state index contributed by atoms with van der Waals surface area (Å²) in [5.74, 6) is 0. The van der Waals surface area contributed by atoms with Crippen LogP contribution in [0.3, 0.4) is 0 Å². The van der Waals surface area contributed by atoms with Crippen LogP contribution in [0.2, 0.25) is 5.02 Å². The van der Waals surface area contributed by atoms with Crippen molar-refractivity contribution in [1.82, 2.24) is 5.32 Å². The lowest BCUT2D eigenvalue weighted by atomic mass is 10.2. The summed E-state index contributed by atoms with van der Waals surface area (Å²) < 4.78 is 0. The molecule has 0 atom stereocenters. The first-order valence-corrected chi connectivity index (χ1v) is 6.86. The molecule has 1 aromatic carbocycles. The second-order valence-electron chi connectivity index (χ2n) is 5.28. The topological polar surface area (TPSA) is 15.3 Å². The number of hydrogen-bond donors (Lipinski definition) is 1. The zero-order valence-corrected chi connectivity index (χ0v) is 11.0. The quantitative estimate of drug-likeness (QED) is 0.864. The van der Waals surface area contributed by atoms with E-state index in [0.29, 0.717) is 6.04 Å². The van der Waals surface area contributed by atoms with E-state index in [-0.39, 0.29) is 0 Å². The van der Waals surface area contributed by atoms with Crippen molar-refractivity contribution in [3.05, 3.63) is 28.8 Å². The van der Waals surface area contributed by atoms with Gasteiger partial charge in [-0.05, 0) is 43.4 Å². The van der Waals surface area contributed by atoms with Crippen LogP contribution in [-0.2, 0) is 6.54 Å². The van der Waals surface area contributed by atoms with Crippen molar-refractivity contribution >= 4 is 17.3 Å². The monoisotopic (exact) mass is 250 g/mol. The fraction of sp³-hybridized carbons (Fsp3) is 0.571. The number of hydrogen-bond acceptors (Lipinski definition) is 2. The number of rotatable bonds is 5. The number of nitrogens with one attached hydrogen (secondary N) is 1. The minimum absolute atomic E-state index is 0.711. The summed E-state index contributed by atoms with van der Waals surface area (Å²) in [6.45, 7) is 0.942. The number of benzene rings is 1. The van der Waals surface area contributed by atoms with E-state index in [4.69, 9.17) is 11.6 Å². The van der Waals surface area contributed by atoms with Gasteiger partial charge in [0, 0.05) is 25.7 Å². The Balaban J connectivity index is 1.68. The smallest absolute Gasteiger partial charge is 0.0642 e. The van der Waals surface area contributed by atoms with E-state index in [9.17, 15) is 0 Å². The fourth-order valence-electron chi connectivity index (χ4n) is 2.15. The maximum absolute atomic E-state index is 6.36. The van der Waals surface area contributed by atoms with Gasteiger partial charge in [-0.25, -0.2) is 0 Å². The van der Waals surface area contributed by atoms with E-state index in [2.05, 4.69) is 35.5 Å². The normalized spacial score (nSPS) is 19.4. The molecule has 2 saturated carbocycles. The van der Waals surface area contributed by atoms with Gasteiger partial charge >= 0.3 is 0 Å². The fourth-order valence-corrected chi connectivity index (χ4v) is 2.49. The highest BCUT2D eigenvalue weighted by atomic mass is 35.5. The van der Waals surface area contributed by atoms with Gasteiger partial charge in [-0.1, -0.05) is 17.7 Å². The van der Waals surface area contributed by atoms with Crippen molar-refractivity contribution in [2.75, 3.05) is 11.9 Å². The van der Waals surface area contributed by atoms with Gasteiger partial charge in [-0.3, -0.25) is 0 Å². The molecule has 0 radical (unpaired) electrons. The Bertz CT molecular complexity index is 411. The van der Waals surface area contributed by atoms with Crippen LogP contribution in [-0.4, -0.2) is 19.1 Å². The van der Waals surface area contributed by atoms with E-state index in [1.807, 2.05) is 0 Å². The first-order chi connectivity index (χ1) is 8.24. The predicted molar refractivity (Wildman–Crippen MR) is 72.7 cm³/mol. The molecule has 0 saturated heterocycles. The zero-order valence-electron chi connectivity index (χ0n) is 10.2. The molecule has 2 aliphatic rings. The largest absolute Gasteiger partial charge is 0.370 e. The molecule has 92 valence electrons. The Kier molecular flexibility index (Phi) is 3.01. The van der Waals surface area contributed by atoms with E-state index >= 15 is 0 Å². The number of halogens is 1. The molecule has 0 aliphatic heterocycles. The minimum Gasteiger partial charge on any atom is -0.370 e. The molecule has 2 nitrogen and oxygen atoms in total. The van der Waals surface area contributed by atoms with E-state index in [1.54, 1.807) is 0 Å². The summed E-state index contributed by atoms with van der Waals surface area (Å²) in [4.78, 5) is 2.31. The minimum atomic E-state index is 0.711. The van der Waals surface area contributed by atoms with Crippen LogP contribution >= 0.6 is 11.6 Å². The molecule has 0 heterocycles. The average molecular weight is 251 g/mol. The molecular weight excluding hydrogens is 232 g/mol. The van der Waals surface area contributed by atoms with Gasteiger partial charge in [0.05, 0.1) is 10.7 Å². The maximum Gasteiger partial charge on any atom is 0.0642 e. The van der Waals surface area contributed by atoms with Crippen molar-refractivity contribution < 1.29 is 0 Å². The SMILES string of the molecule is CN(c1ccc(CNC2CC2)cc1Cl)C1CC1. The molecule has 2 fully saturated rings. The molecule has 3 rings (SSSR count). The third-order valence-corrected chi connectivity index (χ3v) is 3.96. The summed E-state index contributed by atoms with van der Waals surface area (Å²) in [5, 5.41) is 4.40. The van der Waals surface area contributed by atoms with E-state index < -0.39 is 0 Å². The highest BCUT2D eigenvalue weighted by Gasteiger charge is 2.27. The van der Waals surface area contributed by atoms with Crippen molar-refractivity contribution in [1.29, 1.82) is 0 Å². The van der Waals surface area contributed by atoms with Crippen LogP contribution in [0.5, 0.6) is 0 Å². The molecule has 0 bridgehead atoms. The van der Waals surface area contributed by atoms with Gasteiger partial charge in [0.2, 0.25) is 0 Å². The highest BCUT2D eigenvalue weighted by molar-refractivity contribution is 6.33. The van der Waals surface area contributed by atoms with Crippen LogP contribution in [0.25, 0.3) is 0 Å². The Morgan fingerprint density at radius 1 is 1.29 bits per heavy atom. The molecular formula is C14H19ClN2. The Morgan fingerprint density at radius 3 is 2.65 bits per heavy atom. The molecule has 0 unspecified atom stereocenters. The van der Waals surface area contributed by atoms with Crippen molar-refractivity contribution in [2.45, 2.75) is 44.3 Å². The van der Waals surface area contributed by atoms with Gasteiger partial charge in [0.25, 0.3) is 0 Å². The molecule has 1 aromatic rings. The molecule has 0 aromatic heterocycles. The van der Waals surface area contributed by atoms with Crippen LogP contribution in [0.1, 0.15) is 31.2 Å². The second kappa shape index (κ2) is 4.51. The predicted octanol–water partition coefficient (Wildman–Crippen LogP) is 3.19. The maximum atomic E-state index is 6.36. The zero-order chi connectivity index (χ0) is 11.8. The van der Waals surface area contributed by atoms with Crippen LogP contribution in [0, 0.1) is 0 Å². The average Bonchev–Trinajstić information content (AvgIpc) is 3.17. The summed E-state index contributed by atoms with van der Waals surface area (Å²) in [6.07, 6.45) is 5.27. The van der Waals surface area contributed by atoms with E-state index in [0.717, 1.165) is 17.6 Å². The van der Waals surface area contributed by atoms with Crippen molar-refractivity contribution in [3.63, 3.8) is 0 Å². The third kappa shape index (κ3) is 2.75. The third-order valence-electron chi connectivity index (χ3n) is 3.66.